The van der Waals surface area contributed by atoms with Crippen LogP contribution in [0.5, 0.6) is 0 Å². The van der Waals surface area contributed by atoms with Crippen molar-refractivity contribution in [2.75, 3.05) is 5.32 Å². The Morgan fingerprint density at radius 1 is 1.48 bits per heavy atom. The monoisotopic (exact) mass is 304 g/mol. The molecule has 0 aliphatic carbocycles. The highest BCUT2D eigenvalue weighted by Crippen LogP contribution is 2.33. The Bertz CT molecular complexity index is 684. The molecule has 5 nitrogen and oxygen atoms in total. The quantitative estimate of drug-likeness (QED) is 0.833. The maximum atomic E-state index is 11.9. The molecule has 0 atom stereocenters. The smallest absolute Gasteiger partial charge is 0.251 e. The predicted octanol–water partition coefficient (Wildman–Crippen LogP) is 2.96. The van der Waals surface area contributed by atoms with Gasteiger partial charge in [-0.25, -0.2) is 0 Å². The minimum Gasteiger partial charge on any atom is -0.465 e. The van der Waals surface area contributed by atoms with Gasteiger partial charge in [0.25, 0.3) is 5.91 Å². The Labute approximate surface area is 126 Å². The molecule has 0 bridgehead atoms. The number of anilines is 1. The van der Waals surface area contributed by atoms with Gasteiger partial charge < -0.3 is 15.5 Å². The Morgan fingerprint density at radius 2 is 2.24 bits per heavy atom. The maximum absolute atomic E-state index is 11.9. The van der Waals surface area contributed by atoms with E-state index in [-0.39, 0.29) is 5.91 Å². The summed E-state index contributed by atoms with van der Waals surface area (Å²) < 4.78 is 5.10. The molecule has 2 aromatic heterocycles. The van der Waals surface area contributed by atoms with Crippen LogP contribution in [0.15, 0.2) is 28.9 Å². The Kier molecular flexibility index (Phi) is 4.59. The average molecular weight is 304 g/mol. The number of carbonyl (C=O) groups excluding carboxylic acids is 2. The number of nitrogens with one attached hydrogen (secondary N) is 1. The summed E-state index contributed by atoms with van der Waals surface area (Å²) in [4.78, 5) is 24.5. The van der Waals surface area contributed by atoms with E-state index in [2.05, 4.69) is 5.32 Å². The van der Waals surface area contributed by atoms with Crippen LogP contribution in [0, 0.1) is 6.92 Å². The first-order valence-electron chi connectivity index (χ1n) is 6.47. The largest absolute Gasteiger partial charge is 0.465 e. The summed E-state index contributed by atoms with van der Waals surface area (Å²) in [5, 5.41) is 3.19. The fraction of sp³-hybridized carbons (Fsp3) is 0.200. The Morgan fingerprint density at radius 3 is 2.81 bits per heavy atom. The van der Waals surface area contributed by atoms with Gasteiger partial charge in [-0.1, -0.05) is 6.92 Å². The number of hydrogen-bond acceptors (Lipinski definition) is 4. The third-order valence-electron chi connectivity index (χ3n) is 2.99. The molecule has 0 aliphatic rings. The van der Waals surface area contributed by atoms with E-state index in [1.165, 1.54) is 23.7 Å². The number of primary amides is 1. The van der Waals surface area contributed by atoms with Crippen molar-refractivity contribution in [3.05, 3.63) is 46.2 Å². The van der Waals surface area contributed by atoms with Crippen LogP contribution in [0.4, 0.5) is 5.00 Å². The van der Waals surface area contributed by atoms with Gasteiger partial charge >= 0.3 is 0 Å². The maximum Gasteiger partial charge on any atom is 0.251 e. The fourth-order valence-electron chi connectivity index (χ4n) is 2.05. The minimum absolute atomic E-state index is 0.335. The molecule has 6 heteroatoms. The lowest BCUT2D eigenvalue weighted by Gasteiger charge is -2.03. The molecule has 0 spiro atoms. The van der Waals surface area contributed by atoms with E-state index < -0.39 is 5.91 Å². The summed E-state index contributed by atoms with van der Waals surface area (Å²) >= 11 is 1.36. The van der Waals surface area contributed by atoms with Crippen molar-refractivity contribution in [2.45, 2.75) is 20.3 Å². The van der Waals surface area contributed by atoms with E-state index in [4.69, 9.17) is 10.2 Å². The molecule has 2 rings (SSSR count). The van der Waals surface area contributed by atoms with Crippen molar-refractivity contribution in [1.82, 2.24) is 0 Å². The first kappa shape index (κ1) is 15.1. The number of nitrogens with two attached hydrogens (primary N) is 1. The van der Waals surface area contributed by atoms with Gasteiger partial charge in [-0.15, -0.1) is 11.3 Å². The van der Waals surface area contributed by atoms with Crippen LogP contribution < -0.4 is 11.1 Å². The molecule has 2 heterocycles. The summed E-state index contributed by atoms with van der Waals surface area (Å²) in [5.41, 5.74) is 6.70. The zero-order chi connectivity index (χ0) is 15.4. The van der Waals surface area contributed by atoms with Crippen LogP contribution in [-0.2, 0) is 11.2 Å². The van der Waals surface area contributed by atoms with Crippen LogP contribution >= 0.6 is 11.3 Å². The number of aryl methyl sites for hydroxylation is 1. The molecular formula is C15H16N2O3S. The lowest BCUT2D eigenvalue weighted by Crippen LogP contribution is -2.16. The standard InChI is InChI=1S/C15H16N2O3S/c1-3-11-9(2)21-15(13(11)14(16)19)17-12(18)7-6-10-5-4-8-20-10/h4-8H,3H2,1-2H3,(H2,16,19)(H,17,18)/b7-6+. The molecule has 21 heavy (non-hydrogen) atoms. The second-order valence-corrected chi connectivity index (χ2v) is 5.62. The summed E-state index contributed by atoms with van der Waals surface area (Å²) in [6, 6.07) is 3.47. The second kappa shape index (κ2) is 6.41. The summed E-state index contributed by atoms with van der Waals surface area (Å²) in [5.74, 6) is -0.281. The topological polar surface area (TPSA) is 85.3 Å². The van der Waals surface area contributed by atoms with E-state index in [0.29, 0.717) is 22.7 Å². The van der Waals surface area contributed by atoms with Gasteiger partial charge in [0.1, 0.15) is 10.8 Å². The fourth-order valence-corrected chi connectivity index (χ4v) is 3.20. The first-order valence-corrected chi connectivity index (χ1v) is 7.29. The molecule has 3 N–H and O–H groups in total. The van der Waals surface area contributed by atoms with E-state index in [0.717, 1.165) is 10.4 Å². The zero-order valence-electron chi connectivity index (χ0n) is 11.8. The molecule has 0 aromatic carbocycles. The molecule has 0 fully saturated rings. The lowest BCUT2D eigenvalue weighted by atomic mass is 10.1. The van der Waals surface area contributed by atoms with Gasteiger partial charge in [0.2, 0.25) is 5.91 Å². The number of amides is 2. The van der Waals surface area contributed by atoms with Crippen molar-refractivity contribution in [3.63, 3.8) is 0 Å². The lowest BCUT2D eigenvalue weighted by molar-refractivity contribution is -0.111. The third kappa shape index (κ3) is 3.41. The molecule has 110 valence electrons. The minimum atomic E-state index is -0.526. The van der Waals surface area contributed by atoms with Gasteiger partial charge in [0, 0.05) is 11.0 Å². The highest BCUT2D eigenvalue weighted by molar-refractivity contribution is 7.16. The van der Waals surface area contributed by atoms with Crippen molar-refractivity contribution in [3.8, 4) is 0 Å². The number of rotatable bonds is 5. The van der Waals surface area contributed by atoms with Gasteiger partial charge in [-0.3, -0.25) is 9.59 Å². The summed E-state index contributed by atoms with van der Waals surface area (Å²) in [6.45, 7) is 3.86. The van der Waals surface area contributed by atoms with Crippen molar-refractivity contribution in [1.29, 1.82) is 0 Å². The van der Waals surface area contributed by atoms with Crippen LogP contribution in [0.2, 0.25) is 0 Å². The number of hydrogen-bond donors (Lipinski definition) is 2. The number of carbonyl (C=O) groups is 2. The van der Waals surface area contributed by atoms with Crippen LogP contribution in [0.25, 0.3) is 6.08 Å². The zero-order valence-corrected chi connectivity index (χ0v) is 12.6. The highest BCUT2D eigenvalue weighted by Gasteiger charge is 2.19. The average Bonchev–Trinajstić information content (AvgIpc) is 3.03. The molecular weight excluding hydrogens is 288 g/mol. The second-order valence-electron chi connectivity index (χ2n) is 4.40. The molecule has 2 amide bonds. The molecule has 2 aromatic rings. The molecule has 0 unspecified atom stereocenters. The van der Waals surface area contributed by atoms with E-state index >= 15 is 0 Å². The van der Waals surface area contributed by atoms with Gasteiger partial charge in [-0.05, 0) is 37.1 Å². The number of furan rings is 1. The molecule has 0 radical (unpaired) electrons. The van der Waals surface area contributed by atoms with Crippen molar-refractivity contribution < 1.29 is 14.0 Å². The summed E-state index contributed by atoms with van der Waals surface area (Å²) in [7, 11) is 0. The van der Waals surface area contributed by atoms with Crippen LogP contribution in [0.1, 0.15) is 33.5 Å². The van der Waals surface area contributed by atoms with E-state index in [1.54, 1.807) is 18.2 Å². The highest BCUT2D eigenvalue weighted by atomic mass is 32.1. The summed E-state index contributed by atoms with van der Waals surface area (Å²) in [6.07, 6.45) is 5.13. The normalized spacial score (nSPS) is 11.0. The SMILES string of the molecule is CCc1c(C)sc(NC(=O)/C=C/c2ccco2)c1C(N)=O. The van der Waals surface area contributed by atoms with Crippen LogP contribution in [-0.4, -0.2) is 11.8 Å². The number of thiophene rings is 1. The van der Waals surface area contributed by atoms with E-state index in [9.17, 15) is 9.59 Å². The predicted molar refractivity (Wildman–Crippen MR) is 83.3 cm³/mol. The Hall–Kier alpha value is -2.34. The van der Waals surface area contributed by atoms with Crippen molar-refractivity contribution in [2.24, 2.45) is 5.73 Å². The van der Waals surface area contributed by atoms with Gasteiger partial charge in [0.05, 0.1) is 11.8 Å². The molecule has 0 saturated carbocycles. The van der Waals surface area contributed by atoms with Gasteiger partial charge in [-0.2, -0.15) is 0 Å². The van der Waals surface area contributed by atoms with Crippen molar-refractivity contribution >= 4 is 34.2 Å². The van der Waals surface area contributed by atoms with Crippen LogP contribution in [0.3, 0.4) is 0 Å². The molecule has 0 saturated heterocycles. The Balaban J connectivity index is 2.19. The third-order valence-corrected chi connectivity index (χ3v) is 4.05. The molecule has 0 aliphatic heterocycles. The van der Waals surface area contributed by atoms with Gasteiger partial charge in [0.15, 0.2) is 0 Å². The first-order chi connectivity index (χ1) is 10.0. The van der Waals surface area contributed by atoms with E-state index in [1.807, 2.05) is 13.8 Å².